The van der Waals surface area contributed by atoms with Crippen molar-refractivity contribution in [2.45, 2.75) is 37.9 Å². The van der Waals surface area contributed by atoms with Gasteiger partial charge in [0.15, 0.2) is 5.78 Å². The fraction of sp³-hybridized carbons (Fsp3) is 0.281. The van der Waals surface area contributed by atoms with Crippen LogP contribution in [0.15, 0.2) is 60.7 Å². The van der Waals surface area contributed by atoms with Crippen molar-refractivity contribution in [2.24, 2.45) is 5.73 Å². The van der Waals surface area contributed by atoms with E-state index in [1.54, 1.807) is 24.3 Å². The summed E-state index contributed by atoms with van der Waals surface area (Å²) in [6.45, 7) is 3.08. The predicted molar refractivity (Wildman–Crippen MR) is 154 cm³/mol. The quantitative estimate of drug-likeness (QED) is 0.180. The zero-order valence-corrected chi connectivity index (χ0v) is 23.2. The molecule has 1 aliphatic carbocycles. The Hall–Kier alpha value is -4.51. The van der Waals surface area contributed by atoms with Crippen LogP contribution in [-0.2, 0) is 16.6 Å². The highest BCUT2D eigenvalue weighted by molar-refractivity contribution is 6.24. The van der Waals surface area contributed by atoms with Crippen molar-refractivity contribution < 1.29 is 39.2 Å². The van der Waals surface area contributed by atoms with Crippen LogP contribution in [0.2, 0.25) is 0 Å². The first-order valence-corrected chi connectivity index (χ1v) is 13.5. The lowest BCUT2D eigenvalue weighted by Crippen LogP contribution is -2.34. The molecule has 218 valence electrons. The lowest BCUT2D eigenvalue weighted by Gasteiger charge is -2.32. The fourth-order valence-electron chi connectivity index (χ4n) is 5.34. The van der Waals surface area contributed by atoms with Crippen LogP contribution in [0.1, 0.15) is 67.3 Å². The number of hydrogen-bond donors (Lipinski definition) is 5. The molecule has 0 bridgehead atoms. The van der Waals surface area contributed by atoms with Crippen LogP contribution in [-0.4, -0.2) is 70.0 Å². The maximum Gasteiger partial charge on any atom is 0.338 e. The van der Waals surface area contributed by atoms with Gasteiger partial charge in [-0.1, -0.05) is 44.2 Å². The van der Waals surface area contributed by atoms with E-state index < -0.39 is 36.1 Å². The molecular formula is C32H32N2O8. The van der Waals surface area contributed by atoms with Gasteiger partial charge >= 0.3 is 5.97 Å². The van der Waals surface area contributed by atoms with Gasteiger partial charge in [0.05, 0.1) is 29.9 Å². The summed E-state index contributed by atoms with van der Waals surface area (Å²) in [5.74, 6) is -1.37. The van der Waals surface area contributed by atoms with Crippen molar-refractivity contribution >= 4 is 28.6 Å². The number of H-pyrrole nitrogens is 1. The number of aromatic nitrogens is 1. The van der Waals surface area contributed by atoms with Gasteiger partial charge in [-0.3, -0.25) is 9.59 Å². The van der Waals surface area contributed by atoms with Gasteiger partial charge in [0, 0.05) is 34.0 Å². The highest BCUT2D eigenvalue weighted by Gasteiger charge is 2.41. The Balaban J connectivity index is 1.49. The van der Waals surface area contributed by atoms with Gasteiger partial charge < -0.3 is 35.5 Å². The molecule has 5 rings (SSSR count). The molecule has 10 heteroatoms. The van der Waals surface area contributed by atoms with Crippen molar-refractivity contribution in [1.82, 2.24) is 4.98 Å². The second-order valence-electron chi connectivity index (χ2n) is 10.8. The van der Waals surface area contributed by atoms with E-state index in [1.807, 2.05) is 44.2 Å². The number of nitrogens with two attached hydrogens (primary N) is 1. The number of aliphatic hydroxyl groups is 3. The molecule has 2 unspecified atom stereocenters. The summed E-state index contributed by atoms with van der Waals surface area (Å²) < 4.78 is 11.1. The summed E-state index contributed by atoms with van der Waals surface area (Å²) in [5.41, 5.74) is 8.44. The minimum absolute atomic E-state index is 0.0315. The Morgan fingerprint density at radius 2 is 1.76 bits per heavy atom. The number of carbonyl (C=O) groups excluding carboxylic acids is 3. The van der Waals surface area contributed by atoms with Crippen LogP contribution in [0.3, 0.4) is 0 Å². The SMILES string of the molecule is CC1(C)c2cc(OCC(O)C(O)CO)ccc2C(=O)c2c1[nH]c1cc(C(=O)OCCc3ccccc3)cc(C(N)=O)c21. The van der Waals surface area contributed by atoms with Crippen LogP contribution >= 0.6 is 0 Å². The van der Waals surface area contributed by atoms with E-state index in [2.05, 4.69) is 4.98 Å². The highest BCUT2D eigenvalue weighted by Crippen LogP contribution is 2.45. The molecule has 0 spiro atoms. The third kappa shape index (κ3) is 5.27. The average Bonchev–Trinajstić information content (AvgIpc) is 3.39. The molecule has 2 atom stereocenters. The van der Waals surface area contributed by atoms with Crippen molar-refractivity contribution in [1.29, 1.82) is 0 Å². The number of aliphatic hydroxyl groups excluding tert-OH is 3. The molecular weight excluding hydrogens is 540 g/mol. The second kappa shape index (κ2) is 11.4. The maximum atomic E-state index is 13.8. The van der Waals surface area contributed by atoms with Gasteiger partial charge in [-0.25, -0.2) is 4.79 Å². The molecule has 1 amide bonds. The number of carbonyl (C=O) groups is 3. The first-order valence-electron chi connectivity index (χ1n) is 13.5. The van der Waals surface area contributed by atoms with E-state index >= 15 is 0 Å². The zero-order valence-electron chi connectivity index (χ0n) is 23.2. The summed E-state index contributed by atoms with van der Waals surface area (Å²) >= 11 is 0. The van der Waals surface area contributed by atoms with Crippen LogP contribution in [0.25, 0.3) is 10.9 Å². The van der Waals surface area contributed by atoms with Crippen LogP contribution in [0.4, 0.5) is 0 Å². The fourth-order valence-corrected chi connectivity index (χ4v) is 5.34. The number of rotatable bonds is 10. The number of ether oxygens (including phenoxy) is 2. The number of ketones is 1. The number of benzene rings is 3. The monoisotopic (exact) mass is 572 g/mol. The lowest BCUT2D eigenvalue weighted by molar-refractivity contribution is -0.0339. The van der Waals surface area contributed by atoms with Gasteiger partial charge in [0.25, 0.3) is 0 Å². The second-order valence-corrected chi connectivity index (χ2v) is 10.8. The van der Waals surface area contributed by atoms with Crippen molar-refractivity contribution in [2.75, 3.05) is 19.8 Å². The molecule has 0 aliphatic heterocycles. The predicted octanol–water partition coefficient (Wildman–Crippen LogP) is 2.63. The topological polar surface area (TPSA) is 172 Å². The Bertz CT molecular complexity index is 1680. The number of amides is 1. The Morgan fingerprint density at radius 3 is 2.45 bits per heavy atom. The average molecular weight is 573 g/mol. The molecule has 3 aromatic carbocycles. The number of primary amides is 1. The van der Waals surface area contributed by atoms with E-state index in [-0.39, 0.29) is 30.1 Å². The van der Waals surface area contributed by atoms with E-state index in [9.17, 15) is 24.6 Å². The van der Waals surface area contributed by atoms with Gasteiger partial charge in [-0.2, -0.15) is 0 Å². The summed E-state index contributed by atoms with van der Waals surface area (Å²) in [6, 6.07) is 17.4. The molecule has 10 nitrogen and oxygen atoms in total. The van der Waals surface area contributed by atoms with E-state index in [4.69, 9.17) is 20.3 Å². The Morgan fingerprint density at radius 1 is 1.02 bits per heavy atom. The Labute approximate surface area is 241 Å². The van der Waals surface area contributed by atoms with Gasteiger partial charge in [0.2, 0.25) is 5.91 Å². The van der Waals surface area contributed by atoms with Crippen molar-refractivity contribution in [3.63, 3.8) is 0 Å². The van der Waals surface area contributed by atoms with Gasteiger partial charge in [0.1, 0.15) is 24.6 Å². The summed E-state index contributed by atoms with van der Waals surface area (Å²) in [6.07, 6.45) is -2.12. The minimum atomic E-state index is -1.35. The summed E-state index contributed by atoms with van der Waals surface area (Å²) in [7, 11) is 0. The van der Waals surface area contributed by atoms with Gasteiger partial charge in [-0.05, 0) is 41.5 Å². The van der Waals surface area contributed by atoms with Gasteiger partial charge in [-0.15, -0.1) is 0 Å². The molecule has 0 saturated heterocycles. The standard InChI is InChI=1S/C32H32N2O8/c1-32(2)22-14-19(42-16-25(37)24(36)15-35)8-9-20(22)28(38)27-26-21(30(33)39)12-18(13-23(26)34-29(27)32)31(40)41-11-10-17-6-4-3-5-7-17/h3-9,12-14,24-25,34-37H,10-11,15-16H2,1-2H3,(H2,33,39). The number of esters is 1. The molecule has 1 aromatic heterocycles. The highest BCUT2D eigenvalue weighted by atomic mass is 16.5. The number of fused-ring (bicyclic) bond motifs is 4. The lowest BCUT2D eigenvalue weighted by atomic mass is 9.71. The van der Waals surface area contributed by atoms with E-state index in [1.165, 1.54) is 6.07 Å². The maximum absolute atomic E-state index is 13.8. The van der Waals surface area contributed by atoms with E-state index in [0.717, 1.165) is 5.56 Å². The van der Waals surface area contributed by atoms with Crippen LogP contribution in [0.5, 0.6) is 5.75 Å². The number of hydrogen-bond acceptors (Lipinski definition) is 8. The Kier molecular flexibility index (Phi) is 7.87. The molecule has 42 heavy (non-hydrogen) atoms. The third-order valence-corrected chi connectivity index (χ3v) is 7.68. The normalized spacial score (nSPS) is 15.0. The number of nitrogens with one attached hydrogen (secondary N) is 1. The molecule has 0 saturated carbocycles. The van der Waals surface area contributed by atoms with E-state index in [0.29, 0.717) is 45.5 Å². The molecule has 0 fully saturated rings. The van der Waals surface area contributed by atoms with Crippen LogP contribution in [0, 0.1) is 0 Å². The third-order valence-electron chi connectivity index (χ3n) is 7.68. The largest absolute Gasteiger partial charge is 0.491 e. The van der Waals surface area contributed by atoms with Crippen molar-refractivity contribution in [3.8, 4) is 5.75 Å². The van der Waals surface area contributed by atoms with Crippen LogP contribution < -0.4 is 10.5 Å². The molecule has 6 N–H and O–H groups in total. The molecule has 1 aliphatic rings. The first-order chi connectivity index (χ1) is 20.0. The zero-order chi connectivity index (χ0) is 30.2. The smallest absolute Gasteiger partial charge is 0.338 e. The number of aromatic amines is 1. The molecule has 0 radical (unpaired) electrons. The molecule has 4 aromatic rings. The summed E-state index contributed by atoms with van der Waals surface area (Å²) in [5, 5.41) is 28.9. The first kappa shape index (κ1) is 29.0. The van der Waals surface area contributed by atoms with Crippen molar-refractivity contribution in [3.05, 3.63) is 99.7 Å². The molecule has 1 heterocycles. The summed E-state index contributed by atoms with van der Waals surface area (Å²) in [4.78, 5) is 42.7. The minimum Gasteiger partial charge on any atom is -0.491 e.